The van der Waals surface area contributed by atoms with Crippen molar-refractivity contribution in [3.05, 3.63) is 41.8 Å². The Morgan fingerprint density at radius 3 is 3.00 bits per heavy atom. The summed E-state index contributed by atoms with van der Waals surface area (Å²) in [4.78, 5) is 0.917. The molecule has 1 aromatic carbocycles. The van der Waals surface area contributed by atoms with E-state index in [-0.39, 0.29) is 0 Å². The summed E-state index contributed by atoms with van der Waals surface area (Å²) in [5, 5.41) is 1.53. The fourth-order valence-corrected chi connectivity index (χ4v) is 3.22. The standard InChI is InChI=1S/C9H11NOS/c1-2-12(11)9-6-4-3-5-8(9)7-10-12/h2-6,12H,1,7H2,(H,10,11). The largest absolute Gasteiger partial charge is 0.263 e. The quantitative estimate of drug-likeness (QED) is 0.627. The number of fused-ring (bicyclic) bond motifs is 1. The molecule has 1 aliphatic heterocycles. The molecular weight excluding hydrogens is 170 g/mol. The molecule has 64 valence electrons. The highest BCUT2D eigenvalue weighted by molar-refractivity contribution is 8.04. The smallest absolute Gasteiger partial charge is 0.0353 e. The van der Waals surface area contributed by atoms with Crippen LogP contribution in [0.2, 0.25) is 0 Å². The number of hydrogen-bond acceptors (Lipinski definition) is 1. The molecule has 1 heterocycles. The van der Waals surface area contributed by atoms with Gasteiger partial charge in [-0.3, -0.25) is 4.21 Å². The molecule has 0 aromatic heterocycles. The molecular formula is C9H11NOS. The molecule has 12 heavy (non-hydrogen) atoms. The first-order chi connectivity index (χ1) is 5.76. The van der Waals surface area contributed by atoms with Gasteiger partial charge >= 0.3 is 0 Å². The number of thiol groups is 1. The maximum atomic E-state index is 12.0. The van der Waals surface area contributed by atoms with E-state index in [1.54, 1.807) is 0 Å². The highest BCUT2D eigenvalue weighted by atomic mass is 32.3. The van der Waals surface area contributed by atoms with Gasteiger partial charge in [0.05, 0.1) is 0 Å². The maximum absolute atomic E-state index is 12.0. The average Bonchev–Trinajstić information content (AvgIpc) is 2.46. The van der Waals surface area contributed by atoms with Crippen molar-refractivity contribution >= 4 is 10.1 Å². The van der Waals surface area contributed by atoms with Crippen molar-refractivity contribution in [3.63, 3.8) is 0 Å². The molecule has 0 unspecified atom stereocenters. The molecule has 0 radical (unpaired) electrons. The van der Waals surface area contributed by atoms with Gasteiger partial charge in [0.15, 0.2) is 0 Å². The van der Waals surface area contributed by atoms with E-state index in [9.17, 15) is 4.21 Å². The Morgan fingerprint density at radius 1 is 1.50 bits per heavy atom. The van der Waals surface area contributed by atoms with Gasteiger partial charge in [-0.25, -0.2) is 4.72 Å². The van der Waals surface area contributed by atoms with Crippen molar-refractivity contribution in [3.8, 4) is 0 Å². The third-order valence-corrected chi connectivity index (χ3v) is 4.41. The third kappa shape index (κ3) is 0.940. The predicted molar refractivity (Wildman–Crippen MR) is 51.3 cm³/mol. The molecule has 1 aromatic rings. The summed E-state index contributed by atoms with van der Waals surface area (Å²) in [6.45, 7) is 4.28. The molecule has 0 saturated heterocycles. The van der Waals surface area contributed by atoms with Crippen molar-refractivity contribution in [2.45, 2.75) is 11.4 Å². The van der Waals surface area contributed by atoms with Crippen LogP contribution in [-0.4, -0.2) is 4.21 Å². The van der Waals surface area contributed by atoms with Gasteiger partial charge in [0.1, 0.15) is 0 Å². The molecule has 0 amide bonds. The molecule has 0 fully saturated rings. The van der Waals surface area contributed by atoms with E-state index < -0.39 is 10.1 Å². The lowest BCUT2D eigenvalue weighted by molar-refractivity contribution is 0.671. The summed E-state index contributed by atoms with van der Waals surface area (Å²) in [6, 6.07) is 7.75. The Hall–Kier alpha value is -0.930. The minimum atomic E-state index is -2.43. The van der Waals surface area contributed by atoms with Crippen LogP contribution in [0.4, 0.5) is 0 Å². The second-order valence-corrected chi connectivity index (χ2v) is 5.28. The van der Waals surface area contributed by atoms with Gasteiger partial charge in [-0.15, -0.1) is 0 Å². The van der Waals surface area contributed by atoms with Gasteiger partial charge in [0.2, 0.25) is 0 Å². The van der Waals surface area contributed by atoms with Crippen molar-refractivity contribution in [2.24, 2.45) is 0 Å². The normalized spacial score (nSPS) is 21.3. The van der Waals surface area contributed by atoms with Gasteiger partial charge < -0.3 is 0 Å². The first-order valence-electron chi connectivity index (χ1n) is 3.83. The summed E-state index contributed by atoms with van der Waals surface area (Å²) in [5.74, 6) is 0. The van der Waals surface area contributed by atoms with Crippen molar-refractivity contribution < 1.29 is 4.21 Å². The molecule has 0 bridgehead atoms. The lowest BCUT2D eigenvalue weighted by atomic mass is 10.2. The van der Waals surface area contributed by atoms with E-state index in [1.165, 1.54) is 5.41 Å². The Balaban J connectivity index is 2.64. The zero-order valence-electron chi connectivity index (χ0n) is 6.66. The second-order valence-electron chi connectivity index (χ2n) is 2.80. The minimum Gasteiger partial charge on any atom is -0.263 e. The van der Waals surface area contributed by atoms with E-state index in [1.807, 2.05) is 24.3 Å². The Bertz CT molecular complexity index is 373. The monoisotopic (exact) mass is 181 g/mol. The van der Waals surface area contributed by atoms with Crippen LogP contribution in [-0.2, 0) is 16.7 Å². The third-order valence-electron chi connectivity index (χ3n) is 2.11. The lowest BCUT2D eigenvalue weighted by Gasteiger charge is -2.13. The van der Waals surface area contributed by atoms with E-state index in [0.717, 1.165) is 10.5 Å². The molecule has 0 aliphatic carbocycles. The van der Waals surface area contributed by atoms with Crippen LogP contribution < -0.4 is 4.72 Å². The second kappa shape index (κ2) is 2.54. The summed E-state index contributed by atoms with van der Waals surface area (Å²) in [5.41, 5.74) is 1.13. The summed E-state index contributed by atoms with van der Waals surface area (Å²) in [7, 11) is -2.43. The Kier molecular flexibility index (Phi) is 1.63. The predicted octanol–water partition coefficient (Wildman–Crippen LogP) is 1.22. The van der Waals surface area contributed by atoms with Gasteiger partial charge in [-0.1, -0.05) is 24.8 Å². The van der Waals surface area contributed by atoms with E-state index >= 15 is 0 Å². The summed E-state index contributed by atoms with van der Waals surface area (Å²) >= 11 is 0. The van der Waals surface area contributed by atoms with Gasteiger partial charge in [-0.2, -0.15) is 0 Å². The minimum absolute atomic E-state index is 0.694. The highest BCUT2D eigenvalue weighted by Gasteiger charge is 2.22. The zero-order chi connectivity index (χ0) is 8.60. The first-order valence-corrected chi connectivity index (χ1v) is 5.61. The maximum Gasteiger partial charge on any atom is 0.0353 e. The summed E-state index contributed by atoms with van der Waals surface area (Å²) in [6.07, 6.45) is 0. The SMILES string of the molecule is C=C[SH]1(=O)NCc2ccccc21. The van der Waals surface area contributed by atoms with Crippen LogP contribution in [0.15, 0.2) is 41.1 Å². The summed E-state index contributed by atoms with van der Waals surface area (Å²) < 4.78 is 15.0. The molecule has 3 heteroatoms. The van der Waals surface area contributed by atoms with Crippen LogP contribution in [0.5, 0.6) is 0 Å². The lowest BCUT2D eigenvalue weighted by Crippen LogP contribution is -2.20. The van der Waals surface area contributed by atoms with E-state index in [2.05, 4.69) is 11.3 Å². The fraction of sp³-hybridized carbons (Fsp3) is 0.111. The molecule has 1 N–H and O–H groups in total. The molecule has 0 atom stereocenters. The molecule has 0 saturated carbocycles. The van der Waals surface area contributed by atoms with Crippen molar-refractivity contribution in [1.82, 2.24) is 4.72 Å². The van der Waals surface area contributed by atoms with E-state index in [4.69, 9.17) is 0 Å². The van der Waals surface area contributed by atoms with Crippen LogP contribution in [0.3, 0.4) is 0 Å². The molecule has 2 nitrogen and oxygen atoms in total. The molecule has 0 spiro atoms. The van der Waals surface area contributed by atoms with Gasteiger partial charge in [0, 0.05) is 11.4 Å². The van der Waals surface area contributed by atoms with Crippen molar-refractivity contribution in [2.75, 3.05) is 0 Å². The van der Waals surface area contributed by atoms with Crippen LogP contribution in [0.25, 0.3) is 0 Å². The first kappa shape index (κ1) is 7.71. The number of hydrogen-bond donors (Lipinski definition) is 2. The van der Waals surface area contributed by atoms with E-state index in [0.29, 0.717) is 6.54 Å². The van der Waals surface area contributed by atoms with Crippen LogP contribution >= 0.6 is 0 Å². The van der Waals surface area contributed by atoms with Crippen LogP contribution in [0, 0.1) is 0 Å². The number of rotatable bonds is 1. The fourth-order valence-electron chi connectivity index (χ4n) is 1.44. The topological polar surface area (TPSA) is 29.1 Å². The van der Waals surface area contributed by atoms with Crippen LogP contribution in [0.1, 0.15) is 5.56 Å². The average molecular weight is 181 g/mol. The number of nitrogens with one attached hydrogen (secondary N) is 1. The van der Waals surface area contributed by atoms with Crippen molar-refractivity contribution in [1.29, 1.82) is 0 Å². The zero-order valence-corrected chi connectivity index (χ0v) is 7.55. The molecule has 2 rings (SSSR count). The van der Waals surface area contributed by atoms with Gasteiger partial charge in [0.25, 0.3) is 0 Å². The Morgan fingerprint density at radius 2 is 2.25 bits per heavy atom. The van der Waals surface area contributed by atoms with Gasteiger partial charge in [-0.05, 0) is 27.2 Å². The molecule has 1 aliphatic rings. The highest BCUT2D eigenvalue weighted by Crippen LogP contribution is 2.27. The number of benzene rings is 1. The Labute approximate surface area is 72.9 Å².